The molecule has 5 amide bonds. The molecule has 0 bridgehead atoms. The van der Waals surface area contributed by atoms with Crippen molar-refractivity contribution in [2.45, 2.75) is 134 Å². The first-order valence-electron chi connectivity index (χ1n) is 18.3. The molecule has 15 nitrogen and oxygen atoms in total. The highest BCUT2D eigenvalue weighted by molar-refractivity contribution is 7.91. The third kappa shape index (κ3) is 9.21. The first-order valence-corrected chi connectivity index (χ1v) is 19.9. The monoisotopic (exact) mass is 775 g/mol. The molecule has 1 aromatic carbocycles. The van der Waals surface area contributed by atoms with Crippen LogP contribution >= 0.6 is 0 Å². The lowest BCUT2D eigenvalue weighted by Crippen LogP contribution is -2.58. The molecule has 2 heterocycles. The highest BCUT2D eigenvalue weighted by Crippen LogP contribution is 2.47. The van der Waals surface area contributed by atoms with Gasteiger partial charge in [0.15, 0.2) is 5.78 Å². The Kier molecular flexibility index (Phi) is 11.8. The van der Waals surface area contributed by atoms with Gasteiger partial charge >= 0.3 is 12.2 Å². The lowest BCUT2D eigenvalue weighted by Gasteiger charge is -2.30. The van der Waals surface area contributed by atoms with Crippen LogP contribution in [0.25, 0.3) is 0 Å². The molecule has 3 fully saturated rings. The SMILES string of the molecule is C/C=C(\C)C(=O)CC[C@H](NC(=O)OC(C)(C)C)C(=O)N1C[C@@H](OC(=O)N2Cc3cccc(F)c3C2)C[C@H]1C(=O)N[C@]1(C(=O)NS(=O)(=O)C2CC2)C[C@H]1CC. The Bertz CT molecular complexity index is 1840. The molecule has 0 unspecified atom stereocenters. The number of rotatable bonds is 13. The van der Waals surface area contributed by atoms with Gasteiger partial charge in [-0.15, -0.1) is 0 Å². The van der Waals surface area contributed by atoms with Gasteiger partial charge in [-0.1, -0.05) is 31.6 Å². The first-order chi connectivity index (χ1) is 25.3. The zero-order valence-corrected chi connectivity index (χ0v) is 32.3. The van der Waals surface area contributed by atoms with Crippen molar-refractivity contribution in [1.29, 1.82) is 0 Å². The van der Waals surface area contributed by atoms with Crippen LogP contribution < -0.4 is 15.4 Å². The Morgan fingerprint density at radius 1 is 1.11 bits per heavy atom. The molecular formula is C37H50FN5O10S. The average Bonchev–Trinajstić information content (AvgIpc) is 3.99. The number of Topliss-reactive ketones (excluding diaryl/α,β-unsaturated/α-hetero) is 1. The van der Waals surface area contributed by atoms with Crippen LogP contribution in [0.5, 0.6) is 0 Å². The van der Waals surface area contributed by atoms with E-state index in [4.69, 9.17) is 9.47 Å². The molecule has 1 saturated heterocycles. The van der Waals surface area contributed by atoms with Gasteiger partial charge in [0.2, 0.25) is 21.8 Å². The van der Waals surface area contributed by atoms with Gasteiger partial charge in [0, 0.05) is 24.9 Å². The summed E-state index contributed by atoms with van der Waals surface area (Å²) in [6.45, 7) is 9.78. The number of carbonyl (C=O) groups is 6. The van der Waals surface area contributed by atoms with Crippen molar-refractivity contribution in [3.63, 3.8) is 0 Å². The smallest absolute Gasteiger partial charge is 0.410 e. The van der Waals surface area contributed by atoms with E-state index < -0.39 is 80.3 Å². The zero-order chi connectivity index (χ0) is 39.7. The standard InChI is InChI=1S/C37H50FN5O10S/c1-7-21(3)30(44)15-14-28(39-34(48)53-36(4,5)6)32(46)43-19-24(52-35(49)42-18-22-10-9-11-27(38)26(22)20-42)16-29(43)31(45)40-37(17-23(37)8-2)33(47)41-54(50,51)25-12-13-25/h7,9-11,23-25,28-29H,8,12-20H2,1-6H3,(H,39,48)(H,40,45)(H,41,47)/b21-7+/t23-,24+,28+,29+,37-/m1/s1. The number of amides is 5. The van der Waals surface area contributed by atoms with Crippen LogP contribution in [0.2, 0.25) is 0 Å². The summed E-state index contributed by atoms with van der Waals surface area (Å²) < 4.78 is 53.1. The fraction of sp³-hybridized carbons (Fsp3) is 0.622. The van der Waals surface area contributed by atoms with Crippen molar-refractivity contribution in [1.82, 2.24) is 25.2 Å². The molecule has 17 heteroatoms. The Morgan fingerprint density at radius 2 is 1.81 bits per heavy atom. The van der Waals surface area contributed by atoms with Crippen LogP contribution in [-0.4, -0.2) is 95.0 Å². The minimum absolute atomic E-state index is 0.0402. The normalized spacial score (nSPS) is 24.3. The summed E-state index contributed by atoms with van der Waals surface area (Å²) >= 11 is 0. The molecule has 54 heavy (non-hydrogen) atoms. The molecule has 2 saturated carbocycles. The van der Waals surface area contributed by atoms with Crippen LogP contribution in [0.15, 0.2) is 29.8 Å². The summed E-state index contributed by atoms with van der Waals surface area (Å²) in [5.74, 6) is -3.52. The third-order valence-corrected chi connectivity index (χ3v) is 12.2. The van der Waals surface area contributed by atoms with Crippen LogP contribution in [0, 0.1) is 11.7 Å². The van der Waals surface area contributed by atoms with Gasteiger partial charge < -0.3 is 25.0 Å². The molecule has 0 radical (unpaired) electrons. The number of allylic oxidation sites excluding steroid dienone is 2. The molecule has 4 aliphatic rings. The molecule has 296 valence electrons. The van der Waals surface area contributed by atoms with Crippen LogP contribution in [-0.2, 0) is 51.8 Å². The average molecular weight is 776 g/mol. The molecule has 2 aliphatic carbocycles. The molecule has 0 aromatic heterocycles. The number of halogens is 1. The Labute approximate surface area is 314 Å². The van der Waals surface area contributed by atoms with Gasteiger partial charge in [0.25, 0.3) is 5.91 Å². The quantitative estimate of drug-likeness (QED) is 0.250. The van der Waals surface area contributed by atoms with Crippen LogP contribution in [0.1, 0.15) is 97.6 Å². The molecule has 5 rings (SSSR count). The highest BCUT2D eigenvalue weighted by Gasteiger charge is 2.62. The van der Waals surface area contributed by atoms with E-state index in [0.29, 0.717) is 36.0 Å². The number of ketones is 1. The minimum Gasteiger partial charge on any atom is -0.444 e. The van der Waals surface area contributed by atoms with E-state index in [0.717, 1.165) is 4.90 Å². The number of benzene rings is 1. The first kappa shape index (κ1) is 40.6. The fourth-order valence-corrected chi connectivity index (χ4v) is 8.30. The number of nitrogens with zero attached hydrogens (tertiary/aromatic N) is 2. The lowest BCUT2D eigenvalue weighted by atomic mass is 10.0. The molecule has 2 aliphatic heterocycles. The number of nitrogens with one attached hydrogen (secondary N) is 3. The topological polar surface area (TPSA) is 198 Å². The van der Waals surface area contributed by atoms with Crippen molar-refractivity contribution in [2.24, 2.45) is 5.92 Å². The molecule has 3 N–H and O–H groups in total. The van der Waals surface area contributed by atoms with Crippen molar-refractivity contribution < 1.29 is 51.0 Å². The summed E-state index contributed by atoms with van der Waals surface area (Å²) in [5.41, 5.74) is -1.04. The summed E-state index contributed by atoms with van der Waals surface area (Å²) in [4.78, 5) is 83.6. The number of alkyl carbamates (subject to hydrolysis) is 1. The molecule has 5 atom stereocenters. The van der Waals surface area contributed by atoms with Gasteiger partial charge in [-0.2, -0.15) is 0 Å². The predicted molar refractivity (Wildman–Crippen MR) is 192 cm³/mol. The Hall–Kier alpha value is -4.54. The van der Waals surface area contributed by atoms with Gasteiger partial charge in [-0.05, 0) is 83.4 Å². The van der Waals surface area contributed by atoms with Gasteiger partial charge in [0.1, 0.15) is 35.1 Å². The van der Waals surface area contributed by atoms with Gasteiger partial charge in [-0.3, -0.25) is 28.8 Å². The number of likely N-dealkylation sites (tertiary alicyclic amines) is 1. The maximum atomic E-state index is 14.4. The van der Waals surface area contributed by atoms with Crippen LogP contribution in [0.4, 0.5) is 14.0 Å². The summed E-state index contributed by atoms with van der Waals surface area (Å²) in [6, 6.07) is 1.86. The maximum Gasteiger partial charge on any atom is 0.410 e. The largest absolute Gasteiger partial charge is 0.444 e. The Morgan fingerprint density at radius 3 is 2.41 bits per heavy atom. The van der Waals surface area contributed by atoms with E-state index in [1.807, 2.05) is 0 Å². The Balaban J connectivity index is 1.39. The second kappa shape index (κ2) is 15.7. The molecule has 1 aromatic rings. The molecule has 0 spiro atoms. The van der Waals surface area contributed by atoms with E-state index in [2.05, 4.69) is 15.4 Å². The maximum absolute atomic E-state index is 14.4. The predicted octanol–water partition coefficient (Wildman–Crippen LogP) is 3.35. The number of hydrogen-bond donors (Lipinski definition) is 3. The van der Waals surface area contributed by atoms with E-state index >= 15 is 0 Å². The second-order valence-corrected chi connectivity index (χ2v) is 17.5. The third-order valence-electron chi connectivity index (χ3n) is 10.4. The van der Waals surface area contributed by atoms with Crippen LogP contribution in [0.3, 0.4) is 0 Å². The fourth-order valence-electron chi connectivity index (χ4n) is 6.94. The van der Waals surface area contributed by atoms with Crippen molar-refractivity contribution in [3.8, 4) is 0 Å². The molecular weight excluding hydrogens is 725 g/mol. The van der Waals surface area contributed by atoms with E-state index in [1.54, 1.807) is 59.8 Å². The van der Waals surface area contributed by atoms with Crippen molar-refractivity contribution in [3.05, 3.63) is 46.8 Å². The lowest BCUT2D eigenvalue weighted by molar-refractivity contribution is -0.141. The summed E-state index contributed by atoms with van der Waals surface area (Å²) in [7, 11) is -3.94. The summed E-state index contributed by atoms with van der Waals surface area (Å²) in [6.07, 6.45) is -0.170. The van der Waals surface area contributed by atoms with Crippen molar-refractivity contribution >= 4 is 45.7 Å². The van der Waals surface area contributed by atoms with Gasteiger partial charge in [-0.25, -0.2) is 22.4 Å². The second-order valence-electron chi connectivity index (χ2n) is 15.6. The number of carbonyl (C=O) groups excluding carboxylic acids is 6. The number of sulfonamides is 1. The zero-order valence-electron chi connectivity index (χ0n) is 31.5. The van der Waals surface area contributed by atoms with Gasteiger partial charge in [0.05, 0.1) is 18.3 Å². The summed E-state index contributed by atoms with van der Waals surface area (Å²) in [5, 5.41) is 4.59. The highest BCUT2D eigenvalue weighted by atomic mass is 32.2. The minimum atomic E-state index is -3.94. The number of ether oxygens (including phenoxy) is 2. The number of hydrogen-bond acceptors (Lipinski definition) is 10. The van der Waals surface area contributed by atoms with E-state index in [-0.39, 0.29) is 57.0 Å². The van der Waals surface area contributed by atoms with E-state index in [1.165, 1.54) is 11.0 Å². The number of fused-ring (bicyclic) bond motifs is 1. The van der Waals surface area contributed by atoms with E-state index in [9.17, 15) is 41.6 Å². The van der Waals surface area contributed by atoms with Crippen molar-refractivity contribution in [2.75, 3.05) is 6.54 Å².